The van der Waals surface area contributed by atoms with E-state index >= 15 is 0 Å². The number of nitrogens with one attached hydrogen (secondary N) is 1. The van der Waals surface area contributed by atoms with E-state index in [0.29, 0.717) is 24.3 Å². The molecule has 1 aromatic carbocycles. The van der Waals surface area contributed by atoms with Gasteiger partial charge in [0.2, 0.25) is 5.91 Å². The number of carboxylic acid groups (broad SMARTS) is 1. The Morgan fingerprint density at radius 3 is 2.57 bits per heavy atom. The zero-order chi connectivity index (χ0) is 15.4. The number of carboxylic acids is 1. The number of hydrogen-bond acceptors (Lipinski definition) is 4. The van der Waals surface area contributed by atoms with Crippen LogP contribution in [0.5, 0.6) is 0 Å². The molecule has 1 fully saturated rings. The van der Waals surface area contributed by atoms with Crippen LogP contribution in [0, 0.1) is 23.2 Å². The van der Waals surface area contributed by atoms with Crippen LogP contribution in [0.1, 0.15) is 12.5 Å². The topological polar surface area (TPSA) is 93.4 Å². The molecule has 1 aromatic rings. The van der Waals surface area contributed by atoms with E-state index in [1.807, 2.05) is 17.9 Å². The van der Waals surface area contributed by atoms with Crippen molar-refractivity contribution in [3.8, 4) is 6.07 Å². The highest BCUT2D eigenvalue weighted by atomic mass is 16.4. The summed E-state index contributed by atoms with van der Waals surface area (Å²) in [7, 11) is 0. The van der Waals surface area contributed by atoms with E-state index < -0.39 is 11.9 Å². The van der Waals surface area contributed by atoms with Crippen molar-refractivity contribution in [1.82, 2.24) is 4.90 Å². The Morgan fingerprint density at radius 2 is 2.05 bits per heavy atom. The first-order valence-electron chi connectivity index (χ1n) is 6.74. The number of anilines is 1. The molecule has 21 heavy (non-hydrogen) atoms. The molecule has 1 aliphatic heterocycles. The molecule has 2 unspecified atom stereocenters. The Morgan fingerprint density at radius 1 is 1.38 bits per heavy atom. The third kappa shape index (κ3) is 3.80. The molecule has 0 radical (unpaired) electrons. The summed E-state index contributed by atoms with van der Waals surface area (Å²) in [5, 5.41) is 20.5. The molecular weight excluding hydrogens is 270 g/mol. The molecule has 110 valence electrons. The molecule has 0 bridgehead atoms. The lowest BCUT2D eigenvalue weighted by atomic mass is 9.99. The lowest BCUT2D eigenvalue weighted by Gasteiger charge is -2.14. The summed E-state index contributed by atoms with van der Waals surface area (Å²) in [6.07, 6.45) is 0. The fourth-order valence-corrected chi connectivity index (χ4v) is 2.55. The van der Waals surface area contributed by atoms with Gasteiger partial charge in [0.25, 0.3) is 0 Å². The number of carbonyl (C=O) groups excluding carboxylic acids is 1. The summed E-state index contributed by atoms with van der Waals surface area (Å²) in [5.74, 6) is -1.35. The summed E-state index contributed by atoms with van der Waals surface area (Å²) in [6, 6.07) is 8.62. The standard InChI is InChI=1S/C15H17N3O3/c1-10-7-18(8-13(10)15(20)21)9-14(19)17-12-4-2-11(6-16)3-5-12/h2-5,10,13H,7-9H2,1H3,(H,17,19)(H,20,21). The first kappa shape index (κ1) is 15.0. The monoisotopic (exact) mass is 287 g/mol. The molecule has 0 saturated carbocycles. The second kappa shape index (κ2) is 6.37. The minimum Gasteiger partial charge on any atom is -0.481 e. The van der Waals surface area contributed by atoms with Gasteiger partial charge >= 0.3 is 5.97 Å². The molecule has 1 amide bonds. The molecule has 0 spiro atoms. The van der Waals surface area contributed by atoms with Gasteiger partial charge in [-0.25, -0.2) is 0 Å². The summed E-state index contributed by atoms with van der Waals surface area (Å²) in [5.41, 5.74) is 1.16. The molecule has 2 atom stereocenters. The van der Waals surface area contributed by atoms with Gasteiger partial charge in [-0.1, -0.05) is 6.92 Å². The van der Waals surface area contributed by atoms with Crippen molar-refractivity contribution in [3.63, 3.8) is 0 Å². The lowest BCUT2D eigenvalue weighted by Crippen LogP contribution is -2.32. The Labute approximate surface area is 123 Å². The lowest BCUT2D eigenvalue weighted by molar-refractivity contribution is -0.142. The fraction of sp³-hybridized carbons (Fsp3) is 0.400. The number of amides is 1. The number of aliphatic carboxylic acids is 1. The third-order valence-corrected chi connectivity index (χ3v) is 3.67. The Bertz CT molecular complexity index is 577. The van der Waals surface area contributed by atoms with Gasteiger partial charge in [-0.05, 0) is 30.2 Å². The molecule has 0 aromatic heterocycles. The molecule has 1 heterocycles. The molecule has 6 heteroatoms. The van der Waals surface area contributed by atoms with Crippen molar-refractivity contribution in [3.05, 3.63) is 29.8 Å². The number of benzene rings is 1. The molecule has 2 N–H and O–H groups in total. The van der Waals surface area contributed by atoms with Crippen molar-refractivity contribution in [2.75, 3.05) is 25.0 Å². The van der Waals surface area contributed by atoms with Crippen LogP contribution in [0.2, 0.25) is 0 Å². The van der Waals surface area contributed by atoms with Crippen molar-refractivity contribution >= 4 is 17.6 Å². The molecule has 2 rings (SSSR count). The van der Waals surface area contributed by atoms with Crippen LogP contribution < -0.4 is 5.32 Å². The predicted molar refractivity (Wildman–Crippen MR) is 76.5 cm³/mol. The summed E-state index contributed by atoms with van der Waals surface area (Å²) in [4.78, 5) is 24.8. The van der Waals surface area contributed by atoms with E-state index in [4.69, 9.17) is 10.4 Å². The van der Waals surface area contributed by atoms with Crippen molar-refractivity contribution in [1.29, 1.82) is 5.26 Å². The average molecular weight is 287 g/mol. The van der Waals surface area contributed by atoms with Crippen LogP contribution >= 0.6 is 0 Å². The minimum atomic E-state index is -0.808. The van der Waals surface area contributed by atoms with E-state index in [9.17, 15) is 9.59 Å². The number of hydrogen-bond donors (Lipinski definition) is 2. The van der Waals surface area contributed by atoms with E-state index in [1.54, 1.807) is 24.3 Å². The highest BCUT2D eigenvalue weighted by molar-refractivity contribution is 5.92. The zero-order valence-electron chi connectivity index (χ0n) is 11.7. The first-order valence-corrected chi connectivity index (χ1v) is 6.74. The Balaban J connectivity index is 1.87. The van der Waals surface area contributed by atoms with Gasteiger partial charge < -0.3 is 10.4 Å². The smallest absolute Gasteiger partial charge is 0.308 e. The second-order valence-corrected chi connectivity index (χ2v) is 5.35. The number of rotatable bonds is 4. The zero-order valence-corrected chi connectivity index (χ0v) is 11.7. The summed E-state index contributed by atoms with van der Waals surface area (Å²) in [6.45, 7) is 3.07. The van der Waals surface area contributed by atoms with Crippen LogP contribution in [0.15, 0.2) is 24.3 Å². The SMILES string of the molecule is CC1CN(CC(=O)Nc2ccc(C#N)cc2)CC1C(=O)O. The average Bonchev–Trinajstić information content (AvgIpc) is 2.80. The molecule has 1 aliphatic rings. The second-order valence-electron chi connectivity index (χ2n) is 5.35. The maximum Gasteiger partial charge on any atom is 0.308 e. The predicted octanol–water partition coefficient (Wildman–Crippen LogP) is 1.15. The van der Waals surface area contributed by atoms with Crippen LogP contribution in [0.25, 0.3) is 0 Å². The fourth-order valence-electron chi connectivity index (χ4n) is 2.55. The first-order chi connectivity index (χ1) is 9.99. The van der Waals surface area contributed by atoms with Gasteiger partial charge in [0.1, 0.15) is 0 Å². The van der Waals surface area contributed by atoms with E-state index in [2.05, 4.69) is 5.32 Å². The maximum atomic E-state index is 11.9. The largest absolute Gasteiger partial charge is 0.481 e. The molecule has 1 saturated heterocycles. The Hall–Kier alpha value is -2.39. The highest BCUT2D eigenvalue weighted by Gasteiger charge is 2.35. The van der Waals surface area contributed by atoms with Crippen molar-refractivity contribution in [2.24, 2.45) is 11.8 Å². The van der Waals surface area contributed by atoms with Crippen molar-refractivity contribution in [2.45, 2.75) is 6.92 Å². The van der Waals surface area contributed by atoms with Crippen LogP contribution in [0.3, 0.4) is 0 Å². The van der Waals surface area contributed by atoms with Gasteiger partial charge in [0.05, 0.1) is 24.1 Å². The van der Waals surface area contributed by atoms with Crippen LogP contribution in [0.4, 0.5) is 5.69 Å². The number of likely N-dealkylation sites (tertiary alicyclic amines) is 1. The van der Waals surface area contributed by atoms with Gasteiger partial charge in [-0.3, -0.25) is 14.5 Å². The molecule has 0 aliphatic carbocycles. The van der Waals surface area contributed by atoms with E-state index in [1.165, 1.54) is 0 Å². The Kier molecular flexibility index (Phi) is 4.55. The quantitative estimate of drug-likeness (QED) is 0.866. The van der Waals surface area contributed by atoms with Crippen molar-refractivity contribution < 1.29 is 14.7 Å². The third-order valence-electron chi connectivity index (χ3n) is 3.67. The summed E-state index contributed by atoms with van der Waals surface area (Å²) < 4.78 is 0. The van der Waals surface area contributed by atoms with Gasteiger partial charge in [-0.15, -0.1) is 0 Å². The number of nitriles is 1. The molecule has 6 nitrogen and oxygen atoms in total. The number of carbonyl (C=O) groups is 2. The number of nitrogens with zero attached hydrogens (tertiary/aromatic N) is 2. The van der Waals surface area contributed by atoms with Gasteiger partial charge in [0, 0.05) is 18.8 Å². The maximum absolute atomic E-state index is 11.9. The van der Waals surface area contributed by atoms with E-state index in [-0.39, 0.29) is 18.4 Å². The van der Waals surface area contributed by atoms with Crippen LogP contribution in [-0.4, -0.2) is 41.5 Å². The minimum absolute atomic E-state index is 0.0465. The van der Waals surface area contributed by atoms with E-state index in [0.717, 1.165) is 0 Å². The van der Waals surface area contributed by atoms with Gasteiger partial charge in [0.15, 0.2) is 0 Å². The van der Waals surface area contributed by atoms with Crippen LogP contribution in [-0.2, 0) is 9.59 Å². The summed E-state index contributed by atoms with van der Waals surface area (Å²) >= 11 is 0. The van der Waals surface area contributed by atoms with Gasteiger partial charge in [-0.2, -0.15) is 5.26 Å². The highest BCUT2D eigenvalue weighted by Crippen LogP contribution is 2.22. The molecular formula is C15H17N3O3. The normalized spacial score (nSPS) is 21.7.